The fourth-order valence-electron chi connectivity index (χ4n) is 2.70. The van der Waals surface area contributed by atoms with Crippen molar-refractivity contribution in [1.29, 1.82) is 0 Å². The van der Waals surface area contributed by atoms with E-state index >= 15 is 0 Å². The van der Waals surface area contributed by atoms with Crippen LogP contribution in [0.25, 0.3) is 0 Å². The predicted molar refractivity (Wildman–Crippen MR) is 105 cm³/mol. The standard InChI is InChI=1S/C21H25N3O4/c1-23(14-17-8-4-2-5-9-17)21(28)22-13-12-19(25)24(16-20(26)27)15-18-10-6-3-7-11-18/h2-11H,12-16H2,1H3,(H,22,28)(H,26,27). The molecule has 0 radical (unpaired) electrons. The summed E-state index contributed by atoms with van der Waals surface area (Å²) < 4.78 is 0. The highest BCUT2D eigenvalue weighted by Crippen LogP contribution is 2.06. The number of carboxylic acids is 1. The fourth-order valence-corrected chi connectivity index (χ4v) is 2.70. The summed E-state index contributed by atoms with van der Waals surface area (Å²) in [5.74, 6) is -1.40. The lowest BCUT2D eigenvalue weighted by Gasteiger charge is -2.22. The minimum absolute atomic E-state index is 0.0328. The Morgan fingerprint density at radius 1 is 0.893 bits per heavy atom. The summed E-state index contributed by atoms with van der Waals surface area (Å²) in [6, 6.07) is 18.5. The maximum Gasteiger partial charge on any atom is 0.323 e. The number of nitrogens with zero attached hydrogens (tertiary/aromatic N) is 2. The third kappa shape index (κ3) is 7.11. The Morgan fingerprint density at radius 2 is 1.43 bits per heavy atom. The van der Waals surface area contributed by atoms with Gasteiger partial charge in [0, 0.05) is 33.1 Å². The summed E-state index contributed by atoms with van der Waals surface area (Å²) in [6.07, 6.45) is 0.0328. The predicted octanol–water partition coefficient (Wildman–Crippen LogP) is 2.33. The molecule has 0 bridgehead atoms. The minimum Gasteiger partial charge on any atom is -0.480 e. The molecule has 28 heavy (non-hydrogen) atoms. The van der Waals surface area contributed by atoms with Crippen LogP contribution in [0.4, 0.5) is 4.79 Å². The van der Waals surface area contributed by atoms with Gasteiger partial charge in [-0.15, -0.1) is 0 Å². The van der Waals surface area contributed by atoms with Gasteiger partial charge in [-0.05, 0) is 11.1 Å². The molecule has 0 aliphatic rings. The smallest absolute Gasteiger partial charge is 0.323 e. The van der Waals surface area contributed by atoms with Crippen LogP contribution in [0.5, 0.6) is 0 Å². The second-order valence-electron chi connectivity index (χ2n) is 6.45. The monoisotopic (exact) mass is 383 g/mol. The molecular weight excluding hydrogens is 358 g/mol. The van der Waals surface area contributed by atoms with E-state index in [9.17, 15) is 14.4 Å². The van der Waals surface area contributed by atoms with Crippen molar-refractivity contribution in [2.45, 2.75) is 19.5 Å². The van der Waals surface area contributed by atoms with E-state index in [0.29, 0.717) is 6.54 Å². The second kappa shape index (κ2) is 10.7. The largest absolute Gasteiger partial charge is 0.480 e. The number of benzene rings is 2. The lowest BCUT2D eigenvalue weighted by Crippen LogP contribution is -2.40. The molecule has 0 fully saturated rings. The van der Waals surface area contributed by atoms with E-state index in [-0.39, 0.29) is 38.0 Å². The summed E-state index contributed by atoms with van der Waals surface area (Å²) >= 11 is 0. The highest BCUT2D eigenvalue weighted by molar-refractivity contribution is 5.82. The van der Waals surface area contributed by atoms with Crippen LogP contribution in [0.15, 0.2) is 60.7 Å². The van der Waals surface area contributed by atoms with Crippen molar-refractivity contribution in [2.75, 3.05) is 20.1 Å². The van der Waals surface area contributed by atoms with Crippen molar-refractivity contribution in [3.8, 4) is 0 Å². The number of carbonyl (C=O) groups is 3. The molecule has 0 unspecified atom stereocenters. The van der Waals surface area contributed by atoms with Crippen molar-refractivity contribution in [1.82, 2.24) is 15.1 Å². The van der Waals surface area contributed by atoms with Crippen LogP contribution in [0.3, 0.4) is 0 Å². The molecule has 2 rings (SSSR count). The molecule has 0 heterocycles. The Balaban J connectivity index is 1.82. The maximum atomic E-state index is 12.4. The zero-order valence-corrected chi connectivity index (χ0v) is 15.9. The Labute approximate surface area is 164 Å². The van der Waals surface area contributed by atoms with Crippen molar-refractivity contribution in [3.05, 3.63) is 71.8 Å². The second-order valence-corrected chi connectivity index (χ2v) is 6.45. The van der Waals surface area contributed by atoms with Gasteiger partial charge in [0.25, 0.3) is 0 Å². The molecular formula is C21H25N3O4. The Hall–Kier alpha value is -3.35. The molecule has 7 nitrogen and oxygen atoms in total. The van der Waals surface area contributed by atoms with Crippen molar-refractivity contribution < 1.29 is 19.5 Å². The van der Waals surface area contributed by atoms with Gasteiger partial charge in [0.05, 0.1) is 0 Å². The normalized spacial score (nSPS) is 10.2. The van der Waals surface area contributed by atoms with E-state index in [1.165, 1.54) is 9.80 Å². The van der Waals surface area contributed by atoms with Gasteiger partial charge in [-0.25, -0.2) is 4.79 Å². The van der Waals surface area contributed by atoms with Crippen molar-refractivity contribution in [3.63, 3.8) is 0 Å². The molecule has 0 atom stereocenters. The number of carboxylic acid groups (broad SMARTS) is 1. The summed E-state index contributed by atoms with van der Waals surface area (Å²) in [7, 11) is 1.68. The van der Waals surface area contributed by atoms with Crippen LogP contribution in [-0.4, -0.2) is 53.0 Å². The SMILES string of the molecule is CN(Cc1ccccc1)C(=O)NCCC(=O)N(CC(=O)O)Cc1ccccc1. The number of rotatable bonds is 9. The van der Waals surface area contributed by atoms with Crippen LogP contribution >= 0.6 is 0 Å². The molecule has 2 aromatic rings. The first kappa shape index (κ1) is 21.0. The first-order valence-corrected chi connectivity index (χ1v) is 9.02. The van der Waals surface area contributed by atoms with Gasteiger partial charge in [-0.3, -0.25) is 9.59 Å². The van der Waals surface area contributed by atoms with Crippen LogP contribution in [0.1, 0.15) is 17.5 Å². The van der Waals surface area contributed by atoms with Gasteiger partial charge in [0.2, 0.25) is 5.91 Å². The molecule has 3 amide bonds. The quantitative estimate of drug-likeness (QED) is 0.695. The molecule has 0 saturated carbocycles. The number of amides is 3. The third-order valence-corrected chi connectivity index (χ3v) is 4.12. The van der Waals surface area contributed by atoms with E-state index < -0.39 is 5.97 Å². The minimum atomic E-state index is -1.07. The first-order chi connectivity index (χ1) is 13.5. The van der Waals surface area contributed by atoms with Gasteiger partial charge in [0.1, 0.15) is 6.54 Å². The third-order valence-electron chi connectivity index (χ3n) is 4.12. The molecule has 148 valence electrons. The van der Waals surface area contributed by atoms with E-state index in [1.807, 2.05) is 60.7 Å². The van der Waals surface area contributed by atoms with Crippen molar-refractivity contribution in [2.24, 2.45) is 0 Å². The molecule has 2 N–H and O–H groups in total. The molecule has 0 aliphatic carbocycles. The summed E-state index contributed by atoms with van der Waals surface area (Å²) in [5, 5.41) is 11.8. The summed E-state index contributed by atoms with van der Waals surface area (Å²) in [4.78, 5) is 38.5. The van der Waals surface area contributed by atoms with Crippen LogP contribution < -0.4 is 5.32 Å². The van der Waals surface area contributed by atoms with E-state index in [0.717, 1.165) is 11.1 Å². The number of hydrogen-bond acceptors (Lipinski definition) is 3. The summed E-state index contributed by atoms with van der Waals surface area (Å²) in [5.41, 5.74) is 1.86. The Morgan fingerprint density at radius 3 is 1.96 bits per heavy atom. The maximum absolute atomic E-state index is 12.4. The van der Waals surface area contributed by atoms with Crippen LogP contribution in [0.2, 0.25) is 0 Å². The zero-order valence-electron chi connectivity index (χ0n) is 15.9. The van der Waals surface area contributed by atoms with E-state index in [1.54, 1.807) is 7.05 Å². The number of carbonyl (C=O) groups excluding carboxylic acids is 2. The molecule has 0 aliphatic heterocycles. The zero-order chi connectivity index (χ0) is 20.4. The molecule has 0 saturated heterocycles. The van der Waals surface area contributed by atoms with E-state index in [2.05, 4.69) is 5.32 Å². The molecule has 7 heteroatoms. The van der Waals surface area contributed by atoms with Gasteiger partial charge in [-0.2, -0.15) is 0 Å². The summed E-state index contributed by atoms with van der Waals surface area (Å²) in [6.45, 7) is 0.435. The number of nitrogens with one attached hydrogen (secondary N) is 1. The average molecular weight is 383 g/mol. The molecule has 0 spiro atoms. The van der Waals surface area contributed by atoms with Crippen molar-refractivity contribution >= 4 is 17.9 Å². The number of urea groups is 1. The highest BCUT2D eigenvalue weighted by Gasteiger charge is 2.17. The lowest BCUT2D eigenvalue weighted by molar-refractivity contribution is -0.144. The molecule has 2 aromatic carbocycles. The molecule has 0 aromatic heterocycles. The topological polar surface area (TPSA) is 90.0 Å². The van der Waals surface area contributed by atoms with Gasteiger partial charge < -0.3 is 20.2 Å². The van der Waals surface area contributed by atoms with Gasteiger partial charge in [-0.1, -0.05) is 60.7 Å². The number of aliphatic carboxylic acids is 1. The van der Waals surface area contributed by atoms with Crippen LogP contribution in [-0.2, 0) is 22.7 Å². The highest BCUT2D eigenvalue weighted by atomic mass is 16.4. The fraction of sp³-hybridized carbons (Fsp3) is 0.286. The first-order valence-electron chi connectivity index (χ1n) is 9.02. The number of hydrogen-bond donors (Lipinski definition) is 2. The average Bonchev–Trinajstić information content (AvgIpc) is 2.68. The Kier molecular flexibility index (Phi) is 8.02. The lowest BCUT2D eigenvalue weighted by atomic mass is 10.2. The van der Waals surface area contributed by atoms with Crippen LogP contribution in [0, 0.1) is 0 Å². The Bertz CT molecular complexity index is 781. The van der Waals surface area contributed by atoms with E-state index in [4.69, 9.17) is 5.11 Å². The van der Waals surface area contributed by atoms with Gasteiger partial charge in [0.15, 0.2) is 0 Å². The van der Waals surface area contributed by atoms with Gasteiger partial charge >= 0.3 is 12.0 Å².